The molecular weight excluding hydrogens is 248 g/mol. The Labute approximate surface area is 109 Å². The molecule has 94 valence electrons. The van der Waals surface area contributed by atoms with E-state index < -0.39 is 6.10 Å². The van der Waals surface area contributed by atoms with Gasteiger partial charge in [-0.05, 0) is 24.2 Å². The van der Waals surface area contributed by atoms with Gasteiger partial charge in [0, 0.05) is 0 Å². The molecule has 2 heterocycles. The molecule has 0 aliphatic carbocycles. The molecule has 5 heteroatoms. The molecule has 1 saturated heterocycles. The van der Waals surface area contributed by atoms with Gasteiger partial charge in [0.15, 0.2) is 11.9 Å². The van der Waals surface area contributed by atoms with Crippen LogP contribution in [0.2, 0.25) is 0 Å². The largest absolute Gasteiger partial charge is 0.378 e. The van der Waals surface area contributed by atoms with E-state index in [2.05, 4.69) is 10.1 Å². The summed E-state index contributed by atoms with van der Waals surface area (Å²) in [5.41, 5.74) is 0.770. The molecule has 1 aliphatic heterocycles. The van der Waals surface area contributed by atoms with Crippen LogP contribution in [0.5, 0.6) is 0 Å². The second-order valence-electron chi connectivity index (χ2n) is 4.31. The Bertz CT molecular complexity index is 509. The summed E-state index contributed by atoms with van der Waals surface area (Å²) >= 11 is 1.85. The maximum Gasteiger partial charge on any atom is 0.260 e. The quantitative estimate of drug-likeness (QED) is 0.921. The molecule has 0 bridgehead atoms. The Kier molecular flexibility index (Phi) is 3.34. The lowest BCUT2D eigenvalue weighted by atomic mass is 10.1. The van der Waals surface area contributed by atoms with Crippen LogP contribution in [0.15, 0.2) is 34.9 Å². The maximum atomic E-state index is 10.1. The Balaban J connectivity index is 1.80. The number of hydrogen-bond acceptors (Lipinski definition) is 5. The van der Waals surface area contributed by atoms with Gasteiger partial charge in [-0.25, -0.2) is 0 Å². The van der Waals surface area contributed by atoms with Gasteiger partial charge in [-0.15, -0.1) is 0 Å². The standard InChI is InChI=1S/C13H14N2O2S/c16-11(9-5-2-1-3-6-9)13-14-12(15-17-13)10-7-4-8-18-10/h1-3,5-6,10-11,16H,4,7-8H2. The van der Waals surface area contributed by atoms with E-state index >= 15 is 0 Å². The number of hydrogen-bond donors (Lipinski definition) is 1. The van der Waals surface area contributed by atoms with Crippen molar-refractivity contribution in [3.8, 4) is 0 Å². The molecule has 0 amide bonds. The number of rotatable bonds is 3. The van der Waals surface area contributed by atoms with Gasteiger partial charge in [0.2, 0.25) is 0 Å². The number of thioether (sulfide) groups is 1. The third-order valence-electron chi connectivity index (χ3n) is 3.02. The van der Waals surface area contributed by atoms with Crippen molar-refractivity contribution in [3.63, 3.8) is 0 Å². The lowest BCUT2D eigenvalue weighted by Crippen LogP contribution is -2.00. The van der Waals surface area contributed by atoms with Gasteiger partial charge in [-0.3, -0.25) is 0 Å². The fraction of sp³-hybridized carbons (Fsp3) is 0.385. The topological polar surface area (TPSA) is 59.2 Å². The third kappa shape index (κ3) is 2.28. The van der Waals surface area contributed by atoms with Crippen molar-refractivity contribution < 1.29 is 9.63 Å². The van der Waals surface area contributed by atoms with Crippen LogP contribution in [0.4, 0.5) is 0 Å². The minimum absolute atomic E-state index is 0.281. The van der Waals surface area contributed by atoms with Crippen molar-refractivity contribution in [2.24, 2.45) is 0 Å². The van der Waals surface area contributed by atoms with Crippen molar-refractivity contribution in [3.05, 3.63) is 47.6 Å². The van der Waals surface area contributed by atoms with Gasteiger partial charge < -0.3 is 9.63 Å². The van der Waals surface area contributed by atoms with Crippen molar-refractivity contribution >= 4 is 11.8 Å². The predicted molar refractivity (Wildman–Crippen MR) is 69.2 cm³/mol. The molecule has 0 spiro atoms. The second-order valence-corrected chi connectivity index (χ2v) is 5.62. The van der Waals surface area contributed by atoms with Crippen LogP contribution in [-0.2, 0) is 0 Å². The third-order valence-corrected chi connectivity index (χ3v) is 4.40. The van der Waals surface area contributed by atoms with Crippen molar-refractivity contribution in [2.45, 2.75) is 24.2 Å². The zero-order chi connectivity index (χ0) is 12.4. The van der Waals surface area contributed by atoms with Crippen LogP contribution in [-0.4, -0.2) is 21.0 Å². The predicted octanol–water partition coefficient (Wildman–Crippen LogP) is 2.72. The van der Waals surface area contributed by atoms with Crippen LogP contribution in [0, 0.1) is 0 Å². The van der Waals surface area contributed by atoms with E-state index in [1.807, 2.05) is 42.1 Å². The highest BCUT2D eigenvalue weighted by molar-refractivity contribution is 7.99. The number of nitrogens with zero attached hydrogens (tertiary/aromatic N) is 2. The molecule has 1 N–H and O–H groups in total. The van der Waals surface area contributed by atoms with Crippen molar-refractivity contribution in [1.29, 1.82) is 0 Å². The summed E-state index contributed by atoms with van der Waals surface area (Å²) in [6, 6.07) is 9.35. The summed E-state index contributed by atoms with van der Waals surface area (Å²) in [4.78, 5) is 4.32. The molecule has 2 aromatic rings. The van der Waals surface area contributed by atoms with Crippen LogP contribution in [0.3, 0.4) is 0 Å². The minimum atomic E-state index is -0.834. The van der Waals surface area contributed by atoms with Crippen LogP contribution < -0.4 is 0 Å². The lowest BCUT2D eigenvalue weighted by Gasteiger charge is -2.04. The number of aromatic nitrogens is 2. The van der Waals surface area contributed by atoms with Gasteiger partial charge in [0.1, 0.15) is 0 Å². The van der Waals surface area contributed by atoms with Gasteiger partial charge in [-0.2, -0.15) is 16.7 Å². The van der Waals surface area contributed by atoms with Gasteiger partial charge >= 0.3 is 0 Å². The summed E-state index contributed by atoms with van der Waals surface area (Å²) in [5.74, 6) is 2.14. The summed E-state index contributed by atoms with van der Waals surface area (Å²) in [6.45, 7) is 0. The van der Waals surface area contributed by atoms with Gasteiger partial charge in [0.05, 0.1) is 5.25 Å². The first-order valence-electron chi connectivity index (χ1n) is 6.03. The van der Waals surface area contributed by atoms with E-state index in [-0.39, 0.29) is 5.89 Å². The summed E-state index contributed by atoms with van der Waals surface area (Å²) in [6.07, 6.45) is 1.45. The van der Waals surface area contributed by atoms with Crippen molar-refractivity contribution in [2.75, 3.05) is 5.75 Å². The molecule has 2 atom stereocenters. The van der Waals surface area contributed by atoms with Gasteiger partial charge in [-0.1, -0.05) is 35.5 Å². The zero-order valence-corrected chi connectivity index (χ0v) is 10.6. The lowest BCUT2D eigenvalue weighted by molar-refractivity contribution is 0.170. The van der Waals surface area contributed by atoms with E-state index in [1.165, 1.54) is 6.42 Å². The highest BCUT2D eigenvalue weighted by Gasteiger charge is 2.25. The van der Waals surface area contributed by atoms with Crippen LogP contribution >= 0.6 is 11.8 Å². The summed E-state index contributed by atoms with van der Waals surface area (Å²) in [7, 11) is 0. The highest BCUT2D eigenvalue weighted by atomic mass is 32.2. The van der Waals surface area contributed by atoms with Crippen LogP contribution in [0.25, 0.3) is 0 Å². The Morgan fingerprint density at radius 3 is 2.89 bits per heavy atom. The monoisotopic (exact) mass is 262 g/mol. The average Bonchev–Trinajstić information content (AvgIpc) is 3.09. The molecule has 1 fully saturated rings. The first-order chi connectivity index (χ1) is 8.84. The first-order valence-corrected chi connectivity index (χ1v) is 7.07. The van der Waals surface area contributed by atoms with E-state index in [9.17, 15) is 5.11 Å². The molecule has 1 aliphatic rings. The molecule has 2 unspecified atom stereocenters. The Morgan fingerprint density at radius 1 is 1.33 bits per heavy atom. The molecule has 1 aromatic carbocycles. The zero-order valence-electron chi connectivity index (χ0n) is 9.82. The van der Waals surface area contributed by atoms with E-state index in [4.69, 9.17) is 4.52 Å². The fourth-order valence-corrected chi connectivity index (χ4v) is 3.24. The molecule has 18 heavy (non-hydrogen) atoms. The summed E-state index contributed by atoms with van der Waals surface area (Å²) in [5, 5.41) is 14.4. The number of benzene rings is 1. The van der Waals surface area contributed by atoms with Crippen molar-refractivity contribution in [1.82, 2.24) is 10.1 Å². The van der Waals surface area contributed by atoms with Gasteiger partial charge in [0.25, 0.3) is 5.89 Å². The average molecular weight is 262 g/mol. The molecule has 0 radical (unpaired) electrons. The highest BCUT2D eigenvalue weighted by Crippen LogP contribution is 2.38. The first kappa shape index (κ1) is 11.7. The number of aliphatic hydroxyl groups excluding tert-OH is 1. The minimum Gasteiger partial charge on any atom is -0.378 e. The molecule has 3 rings (SSSR count). The fourth-order valence-electron chi connectivity index (χ4n) is 2.05. The molecular formula is C13H14N2O2S. The van der Waals surface area contributed by atoms with E-state index in [0.717, 1.165) is 17.7 Å². The van der Waals surface area contributed by atoms with E-state index in [1.54, 1.807) is 0 Å². The maximum absolute atomic E-state index is 10.1. The van der Waals surface area contributed by atoms with E-state index in [0.29, 0.717) is 11.1 Å². The Hall–Kier alpha value is -1.33. The molecule has 0 saturated carbocycles. The Morgan fingerprint density at radius 2 is 2.17 bits per heavy atom. The smallest absolute Gasteiger partial charge is 0.260 e. The molecule has 1 aromatic heterocycles. The second kappa shape index (κ2) is 5.12. The molecule has 4 nitrogen and oxygen atoms in total. The van der Waals surface area contributed by atoms with Crippen LogP contribution in [0.1, 0.15) is 41.5 Å². The summed E-state index contributed by atoms with van der Waals surface area (Å²) < 4.78 is 5.17. The normalized spacial score (nSPS) is 21.1. The number of aliphatic hydroxyl groups is 1. The SMILES string of the molecule is OC(c1ccccc1)c1nc(C2CCCS2)no1.